The number of urea groups is 1. The number of aromatic nitrogens is 6. The van der Waals surface area contributed by atoms with Gasteiger partial charge in [0.1, 0.15) is 12.0 Å². The van der Waals surface area contributed by atoms with Crippen LogP contribution in [0.5, 0.6) is 11.5 Å². The first-order chi connectivity index (χ1) is 18.7. The van der Waals surface area contributed by atoms with E-state index in [4.69, 9.17) is 9.47 Å². The van der Waals surface area contributed by atoms with Crippen molar-refractivity contribution in [2.45, 2.75) is 52.2 Å². The molecule has 0 atom stereocenters. The predicted octanol–water partition coefficient (Wildman–Crippen LogP) is 4.13. The van der Waals surface area contributed by atoms with Crippen LogP contribution in [0.4, 0.5) is 10.5 Å². The Bertz CT molecular complexity index is 1350. The van der Waals surface area contributed by atoms with Crippen molar-refractivity contribution in [1.82, 2.24) is 34.7 Å². The number of ether oxygens (including phenoxy) is 2. The third kappa shape index (κ3) is 5.56. The standard InChI is InChI=1S/C27H34N8O3/c1-3-4-5-17-38-25-18-22(7-8-24(25)37-2)35-13-6-12-33(27(35)36)19-21-9-11-28-26-23(21)10-14-32(26)15-16-34-20-29-30-31-34/h7-11,14,18,20H,3-6,12-13,15-17,19H2,1-2H3. The maximum atomic E-state index is 13.6. The van der Waals surface area contributed by atoms with Gasteiger partial charge < -0.3 is 18.9 Å². The Hall–Kier alpha value is -4.15. The summed E-state index contributed by atoms with van der Waals surface area (Å²) in [5.74, 6) is 1.35. The fourth-order valence-electron chi connectivity index (χ4n) is 4.81. The van der Waals surface area contributed by atoms with Gasteiger partial charge in [-0.2, -0.15) is 0 Å². The molecule has 38 heavy (non-hydrogen) atoms. The first-order valence-electron chi connectivity index (χ1n) is 13.2. The summed E-state index contributed by atoms with van der Waals surface area (Å²) in [7, 11) is 1.64. The number of hydrogen-bond donors (Lipinski definition) is 0. The van der Waals surface area contributed by atoms with Crippen LogP contribution in [0.2, 0.25) is 0 Å². The number of carbonyl (C=O) groups is 1. The molecule has 1 fully saturated rings. The number of aryl methyl sites for hydroxylation is 2. The second kappa shape index (κ2) is 11.9. The highest BCUT2D eigenvalue weighted by atomic mass is 16.5. The Morgan fingerprint density at radius 2 is 1.97 bits per heavy atom. The minimum absolute atomic E-state index is 0.0126. The first-order valence-corrected chi connectivity index (χ1v) is 13.2. The highest BCUT2D eigenvalue weighted by molar-refractivity contribution is 5.93. The largest absolute Gasteiger partial charge is 0.493 e. The van der Waals surface area contributed by atoms with Gasteiger partial charge in [-0.05, 0) is 53.1 Å². The summed E-state index contributed by atoms with van der Waals surface area (Å²) in [5.41, 5.74) is 2.78. The monoisotopic (exact) mass is 518 g/mol. The second-order valence-electron chi connectivity index (χ2n) is 9.39. The zero-order valence-electron chi connectivity index (χ0n) is 22.0. The predicted molar refractivity (Wildman–Crippen MR) is 143 cm³/mol. The highest BCUT2D eigenvalue weighted by Gasteiger charge is 2.28. The fourth-order valence-corrected chi connectivity index (χ4v) is 4.81. The van der Waals surface area contributed by atoms with E-state index in [1.54, 1.807) is 18.1 Å². The van der Waals surface area contributed by atoms with Gasteiger partial charge in [0.2, 0.25) is 0 Å². The van der Waals surface area contributed by atoms with E-state index in [-0.39, 0.29) is 6.03 Å². The number of unbranched alkanes of at least 4 members (excludes halogenated alkanes) is 2. The third-order valence-electron chi connectivity index (χ3n) is 6.85. The molecule has 1 aromatic carbocycles. The van der Waals surface area contributed by atoms with E-state index >= 15 is 0 Å². The molecular formula is C27H34N8O3. The van der Waals surface area contributed by atoms with E-state index in [0.717, 1.165) is 48.0 Å². The lowest BCUT2D eigenvalue weighted by molar-refractivity contribution is 0.192. The van der Waals surface area contributed by atoms with E-state index in [1.165, 1.54) is 0 Å². The number of rotatable bonds is 12. The van der Waals surface area contributed by atoms with E-state index in [2.05, 4.69) is 38.1 Å². The molecule has 11 heteroatoms. The van der Waals surface area contributed by atoms with Crippen LogP contribution >= 0.6 is 0 Å². The number of carbonyl (C=O) groups excluding carboxylic acids is 1. The summed E-state index contributed by atoms with van der Waals surface area (Å²) in [4.78, 5) is 21.9. The number of hydrogen-bond acceptors (Lipinski definition) is 7. The number of nitrogens with zero attached hydrogens (tertiary/aromatic N) is 8. The van der Waals surface area contributed by atoms with Crippen molar-refractivity contribution in [2.75, 3.05) is 31.7 Å². The number of amides is 2. The van der Waals surface area contributed by atoms with Crippen molar-refractivity contribution in [3.63, 3.8) is 0 Å². The number of benzene rings is 1. The molecule has 200 valence electrons. The minimum atomic E-state index is -0.0126. The normalized spacial score (nSPS) is 13.9. The van der Waals surface area contributed by atoms with Crippen LogP contribution in [0, 0.1) is 0 Å². The molecular weight excluding hydrogens is 484 g/mol. The zero-order valence-corrected chi connectivity index (χ0v) is 22.0. The summed E-state index contributed by atoms with van der Waals surface area (Å²) in [6.45, 7) is 6.02. The van der Waals surface area contributed by atoms with Crippen LogP contribution in [-0.2, 0) is 19.6 Å². The van der Waals surface area contributed by atoms with Gasteiger partial charge in [0.05, 0.1) is 20.3 Å². The summed E-state index contributed by atoms with van der Waals surface area (Å²) in [5, 5.41) is 12.3. The lowest BCUT2D eigenvalue weighted by Gasteiger charge is -2.36. The molecule has 2 amide bonds. The summed E-state index contributed by atoms with van der Waals surface area (Å²) in [6, 6.07) is 9.77. The molecule has 0 radical (unpaired) electrons. The van der Waals surface area contributed by atoms with Crippen molar-refractivity contribution in [1.29, 1.82) is 0 Å². The van der Waals surface area contributed by atoms with Gasteiger partial charge in [0.15, 0.2) is 11.5 Å². The molecule has 0 unspecified atom stereocenters. The molecule has 4 heterocycles. The van der Waals surface area contributed by atoms with Crippen LogP contribution in [0.25, 0.3) is 11.0 Å². The Labute approximate surface area is 221 Å². The molecule has 4 aromatic rings. The van der Waals surface area contributed by atoms with Crippen molar-refractivity contribution >= 4 is 22.8 Å². The molecule has 11 nitrogen and oxygen atoms in total. The van der Waals surface area contributed by atoms with Crippen molar-refractivity contribution in [3.05, 3.63) is 54.6 Å². The van der Waals surface area contributed by atoms with Crippen LogP contribution < -0.4 is 14.4 Å². The number of anilines is 1. The molecule has 1 aliphatic heterocycles. The minimum Gasteiger partial charge on any atom is -0.493 e. The van der Waals surface area contributed by atoms with Crippen LogP contribution in [0.3, 0.4) is 0 Å². The molecule has 1 saturated heterocycles. The van der Waals surface area contributed by atoms with Crippen molar-refractivity contribution < 1.29 is 14.3 Å². The summed E-state index contributed by atoms with van der Waals surface area (Å²) >= 11 is 0. The third-order valence-corrected chi connectivity index (χ3v) is 6.85. The van der Waals surface area contributed by atoms with Gasteiger partial charge in [-0.1, -0.05) is 19.8 Å². The van der Waals surface area contributed by atoms with Gasteiger partial charge in [0, 0.05) is 55.7 Å². The van der Waals surface area contributed by atoms with Gasteiger partial charge in [-0.25, -0.2) is 14.5 Å². The van der Waals surface area contributed by atoms with Gasteiger partial charge in [-0.15, -0.1) is 5.10 Å². The molecule has 1 aliphatic rings. The second-order valence-corrected chi connectivity index (χ2v) is 9.39. The van der Waals surface area contributed by atoms with E-state index in [9.17, 15) is 4.79 Å². The Morgan fingerprint density at radius 1 is 1.05 bits per heavy atom. The molecule has 3 aromatic heterocycles. The van der Waals surface area contributed by atoms with Crippen LogP contribution in [0.1, 0.15) is 38.2 Å². The van der Waals surface area contributed by atoms with Gasteiger partial charge in [-0.3, -0.25) is 4.90 Å². The Morgan fingerprint density at radius 3 is 2.79 bits per heavy atom. The van der Waals surface area contributed by atoms with Gasteiger partial charge in [0.25, 0.3) is 0 Å². The molecule has 0 aliphatic carbocycles. The molecule has 0 N–H and O–H groups in total. The highest BCUT2D eigenvalue weighted by Crippen LogP contribution is 2.33. The lowest BCUT2D eigenvalue weighted by atomic mass is 10.1. The van der Waals surface area contributed by atoms with Crippen LogP contribution in [-0.4, -0.2) is 67.5 Å². The fraction of sp³-hybridized carbons (Fsp3) is 0.444. The summed E-state index contributed by atoms with van der Waals surface area (Å²) in [6.07, 6.45) is 9.55. The number of tetrazole rings is 1. The van der Waals surface area contributed by atoms with Crippen LogP contribution in [0.15, 0.2) is 49.1 Å². The average molecular weight is 519 g/mol. The number of fused-ring (bicyclic) bond motifs is 1. The Balaban J connectivity index is 1.30. The topological polar surface area (TPSA) is 103 Å². The maximum absolute atomic E-state index is 13.6. The summed E-state index contributed by atoms with van der Waals surface area (Å²) < 4.78 is 15.3. The number of methoxy groups -OCH3 is 1. The quantitative estimate of drug-likeness (QED) is 0.260. The first kappa shape index (κ1) is 25.5. The number of pyridine rings is 1. The molecule has 0 bridgehead atoms. The maximum Gasteiger partial charge on any atom is 0.324 e. The SMILES string of the molecule is CCCCCOc1cc(N2CCCN(Cc3ccnc4c3ccn4CCn3cnnn3)C2=O)ccc1OC. The zero-order chi connectivity index (χ0) is 26.3. The van der Waals surface area contributed by atoms with E-state index < -0.39 is 0 Å². The van der Waals surface area contributed by atoms with E-state index in [1.807, 2.05) is 46.5 Å². The molecule has 0 saturated carbocycles. The Kier molecular flexibility index (Phi) is 8.01. The van der Waals surface area contributed by atoms with Gasteiger partial charge >= 0.3 is 6.03 Å². The smallest absolute Gasteiger partial charge is 0.324 e. The van der Waals surface area contributed by atoms with E-state index in [0.29, 0.717) is 50.8 Å². The average Bonchev–Trinajstić information content (AvgIpc) is 3.61. The molecule has 5 rings (SSSR count). The van der Waals surface area contributed by atoms with Crippen molar-refractivity contribution in [3.8, 4) is 11.5 Å². The van der Waals surface area contributed by atoms with Crippen molar-refractivity contribution in [2.24, 2.45) is 0 Å². The molecule has 0 spiro atoms. The lowest BCUT2D eigenvalue weighted by Crippen LogP contribution is -2.49.